The molecule has 0 radical (unpaired) electrons. The van der Waals surface area contributed by atoms with Gasteiger partial charge in [-0.05, 0) is 73.4 Å². The number of hydrogen-bond acceptors (Lipinski definition) is 7. The summed E-state index contributed by atoms with van der Waals surface area (Å²) in [7, 11) is 0. The van der Waals surface area contributed by atoms with E-state index in [1.165, 1.54) is 28.7 Å². The van der Waals surface area contributed by atoms with E-state index in [-0.39, 0.29) is 43.4 Å². The summed E-state index contributed by atoms with van der Waals surface area (Å²) < 4.78 is 49.2. The van der Waals surface area contributed by atoms with Crippen molar-refractivity contribution in [2.24, 2.45) is 5.41 Å². The van der Waals surface area contributed by atoms with Gasteiger partial charge in [-0.25, -0.2) is 4.79 Å². The number of carbonyl (C=O) groups is 4. The maximum Gasteiger partial charge on any atom is 0.417 e. The first-order valence-electron chi connectivity index (χ1n) is 14.6. The van der Waals surface area contributed by atoms with E-state index < -0.39 is 58.2 Å². The lowest BCUT2D eigenvalue weighted by Crippen LogP contribution is -2.55. The number of halogens is 3. The first-order valence-corrected chi connectivity index (χ1v) is 14.6. The smallest absolute Gasteiger partial charge is 0.417 e. The van der Waals surface area contributed by atoms with Crippen molar-refractivity contribution in [1.29, 1.82) is 0 Å². The number of anilines is 1. The van der Waals surface area contributed by atoms with Gasteiger partial charge in [-0.1, -0.05) is 6.92 Å². The Bertz CT molecular complexity index is 1240. The fourth-order valence-corrected chi connectivity index (χ4v) is 5.13. The third-order valence-corrected chi connectivity index (χ3v) is 7.40. The molecule has 1 unspecified atom stereocenters. The fraction of sp³-hybridized carbons (Fsp3) is 0.667. The molecule has 1 fully saturated rings. The van der Waals surface area contributed by atoms with E-state index in [2.05, 4.69) is 5.32 Å². The molecule has 10 nitrogen and oxygen atoms in total. The van der Waals surface area contributed by atoms with E-state index in [0.29, 0.717) is 19.4 Å². The van der Waals surface area contributed by atoms with Gasteiger partial charge in [0.15, 0.2) is 5.60 Å². The van der Waals surface area contributed by atoms with Crippen molar-refractivity contribution in [3.05, 3.63) is 23.3 Å². The number of hydrogen-bond donors (Lipinski definition) is 1. The molecule has 13 heteroatoms. The zero-order valence-electron chi connectivity index (χ0n) is 26.2. The molecule has 1 aromatic rings. The third kappa shape index (κ3) is 7.79. The van der Waals surface area contributed by atoms with Crippen molar-refractivity contribution in [2.75, 3.05) is 31.1 Å². The van der Waals surface area contributed by atoms with Gasteiger partial charge < -0.3 is 24.7 Å². The highest BCUT2D eigenvalue weighted by Gasteiger charge is 2.45. The van der Waals surface area contributed by atoms with Crippen LogP contribution >= 0.6 is 0 Å². The molecule has 240 valence electrons. The second-order valence-corrected chi connectivity index (χ2v) is 12.8. The Hall–Kier alpha value is -3.35. The molecule has 43 heavy (non-hydrogen) atoms. The van der Waals surface area contributed by atoms with Crippen LogP contribution in [0.2, 0.25) is 0 Å². The maximum absolute atomic E-state index is 14.5. The number of ether oxygens (including phenoxy) is 1. The van der Waals surface area contributed by atoms with Crippen molar-refractivity contribution in [1.82, 2.24) is 15.3 Å². The van der Waals surface area contributed by atoms with Crippen LogP contribution in [0.1, 0.15) is 90.6 Å². The SMILES string of the molecule is CCC(=O)NCCN1C(=O)C(C)(C)Oc2cc(C(F)(F)F)c(C(=O)N(C(C)C)C3CCCN(OC(=O)C(C)(C)C)C3)cc21. The Morgan fingerprint density at radius 1 is 1.19 bits per heavy atom. The second-order valence-electron chi connectivity index (χ2n) is 12.8. The van der Waals surface area contributed by atoms with Crippen LogP contribution in [0.15, 0.2) is 12.1 Å². The molecular formula is C30H43F3N4O6. The lowest BCUT2D eigenvalue weighted by atomic mass is 9.96. The van der Waals surface area contributed by atoms with Gasteiger partial charge in [-0.3, -0.25) is 14.4 Å². The van der Waals surface area contributed by atoms with Gasteiger partial charge in [0.1, 0.15) is 5.75 Å². The van der Waals surface area contributed by atoms with Crippen LogP contribution in [0.25, 0.3) is 0 Å². The summed E-state index contributed by atoms with van der Waals surface area (Å²) >= 11 is 0. The normalized spacial score (nSPS) is 19.0. The molecule has 1 aromatic carbocycles. The van der Waals surface area contributed by atoms with Gasteiger partial charge in [0.05, 0.1) is 28.8 Å². The Kier molecular flexibility index (Phi) is 10.1. The van der Waals surface area contributed by atoms with Gasteiger partial charge in [0.2, 0.25) is 5.91 Å². The number of nitrogens with zero attached hydrogens (tertiary/aromatic N) is 3. The first-order chi connectivity index (χ1) is 19.8. The number of rotatable bonds is 8. The van der Waals surface area contributed by atoms with Gasteiger partial charge in [-0.15, -0.1) is 5.06 Å². The Labute approximate surface area is 250 Å². The number of nitrogens with one attached hydrogen (secondary N) is 1. The van der Waals surface area contributed by atoms with Gasteiger partial charge in [-0.2, -0.15) is 13.2 Å². The molecule has 0 aliphatic carbocycles. The van der Waals surface area contributed by atoms with Crippen LogP contribution in [0.5, 0.6) is 5.75 Å². The average molecular weight is 613 g/mol. The quantitative estimate of drug-likeness (QED) is 0.459. The number of fused-ring (bicyclic) bond motifs is 1. The molecule has 0 aromatic heterocycles. The summed E-state index contributed by atoms with van der Waals surface area (Å²) in [6.45, 7) is 13.7. The van der Waals surface area contributed by atoms with Crippen molar-refractivity contribution in [2.45, 2.75) is 98.5 Å². The average Bonchev–Trinajstić information content (AvgIpc) is 2.89. The number of carbonyl (C=O) groups excluding carboxylic acids is 4. The van der Waals surface area contributed by atoms with Crippen molar-refractivity contribution >= 4 is 29.4 Å². The van der Waals surface area contributed by atoms with Crippen LogP contribution in [0.3, 0.4) is 0 Å². The molecule has 0 saturated carbocycles. The Balaban J connectivity index is 2.04. The number of alkyl halides is 3. The summed E-state index contributed by atoms with van der Waals surface area (Å²) in [6.07, 6.45) is -3.62. The van der Waals surface area contributed by atoms with Crippen LogP contribution in [0.4, 0.5) is 18.9 Å². The van der Waals surface area contributed by atoms with Crippen molar-refractivity contribution in [3.8, 4) is 5.75 Å². The number of benzene rings is 1. The molecule has 3 amide bonds. The van der Waals surface area contributed by atoms with Crippen molar-refractivity contribution in [3.63, 3.8) is 0 Å². The number of piperidine rings is 1. The minimum absolute atomic E-state index is 0.0134. The topological polar surface area (TPSA) is 108 Å². The molecule has 0 spiro atoms. The summed E-state index contributed by atoms with van der Waals surface area (Å²) in [6, 6.07) is 0.795. The van der Waals surface area contributed by atoms with E-state index >= 15 is 0 Å². The standard InChI is InChI=1S/C30H43F3N4O6/c1-9-24(38)34-12-14-36-22-15-20(21(30(31,32)33)16-23(22)42-29(7,8)26(36)40)25(39)37(18(2)3)19-11-10-13-35(17-19)43-27(41)28(4,5)6/h15-16,18-19H,9-14,17H2,1-8H3,(H,34,38). The summed E-state index contributed by atoms with van der Waals surface area (Å²) in [5.74, 6) is -2.27. The second kappa shape index (κ2) is 12.7. The molecule has 1 N–H and O–H groups in total. The monoisotopic (exact) mass is 612 g/mol. The molecule has 1 atom stereocenters. The molecule has 0 bridgehead atoms. The van der Waals surface area contributed by atoms with E-state index in [4.69, 9.17) is 9.57 Å². The molecular weight excluding hydrogens is 569 g/mol. The van der Waals surface area contributed by atoms with Crippen LogP contribution in [0, 0.1) is 5.41 Å². The zero-order valence-corrected chi connectivity index (χ0v) is 26.2. The van der Waals surface area contributed by atoms with E-state index in [9.17, 15) is 32.3 Å². The molecule has 3 rings (SSSR count). The van der Waals surface area contributed by atoms with Gasteiger partial charge in [0.25, 0.3) is 11.8 Å². The largest absolute Gasteiger partial charge is 0.476 e. The molecule has 1 saturated heterocycles. The predicted molar refractivity (Wildman–Crippen MR) is 153 cm³/mol. The highest BCUT2D eigenvalue weighted by Crippen LogP contribution is 2.44. The number of hydroxylamine groups is 2. The maximum atomic E-state index is 14.5. The molecule has 2 heterocycles. The minimum atomic E-state index is -4.90. The highest BCUT2D eigenvalue weighted by atomic mass is 19.4. The van der Waals surface area contributed by atoms with Gasteiger partial charge >= 0.3 is 12.1 Å². The van der Waals surface area contributed by atoms with Crippen LogP contribution < -0.4 is 15.0 Å². The predicted octanol–water partition coefficient (Wildman–Crippen LogP) is 4.55. The Morgan fingerprint density at radius 2 is 1.84 bits per heavy atom. The van der Waals surface area contributed by atoms with Crippen LogP contribution in [-0.2, 0) is 25.4 Å². The lowest BCUT2D eigenvalue weighted by Gasteiger charge is -2.42. The minimum Gasteiger partial charge on any atom is -0.476 e. The van der Waals surface area contributed by atoms with E-state index in [0.717, 1.165) is 12.1 Å². The summed E-state index contributed by atoms with van der Waals surface area (Å²) in [4.78, 5) is 59.9. The zero-order chi connectivity index (χ0) is 32.5. The summed E-state index contributed by atoms with van der Waals surface area (Å²) in [5, 5.41) is 4.13. The summed E-state index contributed by atoms with van der Waals surface area (Å²) in [5.41, 5.74) is -4.03. The van der Waals surface area contributed by atoms with Crippen molar-refractivity contribution < 1.29 is 41.9 Å². The third-order valence-electron chi connectivity index (χ3n) is 7.40. The van der Waals surface area contributed by atoms with Crippen LogP contribution in [-0.4, -0.2) is 77.5 Å². The van der Waals surface area contributed by atoms with E-state index in [1.807, 2.05) is 0 Å². The molecule has 2 aliphatic heterocycles. The Morgan fingerprint density at radius 3 is 2.40 bits per heavy atom. The first kappa shape index (κ1) is 34.1. The fourth-order valence-electron chi connectivity index (χ4n) is 5.13. The van der Waals surface area contributed by atoms with Gasteiger partial charge in [0, 0.05) is 38.1 Å². The van der Waals surface area contributed by atoms with E-state index in [1.54, 1.807) is 41.5 Å². The number of amides is 3. The molecule has 2 aliphatic rings. The lowest BCUT2D eigenvalue weighted by molar-refractivity contribution is -0.208. The highest BCUT2D eigenvalue weighted by molar-refractivity contribution is 6.05.